The third-order valence-corrected chi connectivity index (χ3v) is 3.36. The quantitative estimate of drug-likeness (QED) is 0.647. The minimum Gasteiger partial charge on any atom is -0.481 e. The first-order valence-corrected chi connectivity index (χ1v) is 6.22. The minimum absolute atomic E-state index is 0.197. The van der Waals surface area contributed by atoms with Crippen molar-refractivity contribution in [2.75, 3.05) is 19.6 Å². The molecule has 1 fully saturated rings. The van der Waals surface area contributed by atoms with Crippen molar-refractivity contribution in [2.24, 2.45) is 5.92 Å². The zero-order valence-electron chi connectivity index (χ0n) is 10.1. The van der Waals surface area contributed by atoms with E-state index in [1.165, 1.54) is 0 Å². The van der Waals surface area contributed by atoms with Crippen molar-refractivity contribution in [3.05, 3.63) is 0 Å². The lowest BCUT2D eigenvalue weighted by atomic mass is 10.0. The van der Waals surface area contributed by atoms with Gasteiger partial charge in [0.1, 0.15) is 0 Å². The summed E-state index contributed by atoms with van der Waals surface area (Å²) in [7, 11) is 0. The molecule has 0 aromatic carbocycles. The summed E-state index contributed by atoms with van der Waals surface area (Å²) in [5, 5.41) is 17.9. The van der Waals surface area contributed by atoms with Crippen LogP contribution in [0.2, 0.25) is 0 Å². The summed E-state index contributed by atoms with van der Waals surface area (Å²) in [6.45, 7) is 4.98. The average Bonchev–Trinajstić information content (AvgIpc) is 2.65. The Morgan fingerprint density at radius 3 is 2.75 bits per heavy atom. The second-order valence-electron chi connectivity index (χ2n) is 4.79. The molecular weight excluding hydrogens is 206 g/mol. The number of aliphatic hydroxyl groups excluding tert-OH is 1. The Morgan fingerprint density at radius 2 is 2.19 bits per heavy atom. The molecule has 4 nitrogen and oxygen atoms in total. The van der Waals surface area contributed by atoms with E-state index in [1.807, 2.05) is 6.92 Å². The van der Waals surface area contributed by atoms with E-state index in [0.29, 0.717) is 5.92 Å². The van der Waals surface area contributed by atoms with Crippen LogP contribution >= 0.6 is 0 Å². The topological polar surface area (TPSA) is 60.8 Å². The van der Waals surface area contributed by atoms with Gasteiger partial charge in [-0.1, -0.05) is 6.42 Å². The fourth-order valence-corrected chi connectivity index (χ4v) is 2.25. The molecule has 1 saturated heterocycles. The maximum Gasteiger partial charge on any atom is 0.303 e. The van der Waals surface area contributed by atoms with E-state index >= 15 is 0 Å². The molecule has 0 amide bonds. The van der Waals surface area contributed by atoms with Crippen molar-refractivity contribution in [3.8, 4) is 0 Å². The summed E-state index contributed by atoms with van der Waals surface area (Å²) in [5.41, 5.74) is 0. The number of unbranched alkanes of at least 4 members (excludes halogenated alkanes) is 2. The summed E-state index contributed by atoms with van der Waals surface area (Å²) in [6.07, 6.45) is 4.02. The molecule has 0 radical (unpaired) electrons. The SMILES string of the molecule is CC(O)C1CCN(CCCCCC(=O)O)C1. The lowest BCUT2D eigenvalue weighted by Gasteiger charge is -2.16. The fourth-order valence-electron chi connectivity index (χ4n) is 2.25. The number of hydrogen-bond acceptors (Lipinski definition) is 3. The van der Waals surface area contributed by atoms with E-state index in [0.717, 1.165) is 45.3 Å². The molecule has 0 saturated carbocycles. The normalized spacial score (nSPS) is 23.5. The van der Waals surface area contributed by atoms with Gasteiger partial charge in [0.2, 0.25) is 0 Å². The number of aliphatic hydroxyl groups is 1. The molecule has 1 aliphatic heterocycles. The van der Waals surface area contributed by atoms with Gasteiger partial charge in [0.15, 0.2) is 0 Å². The average molecular weight is 229 g/mol. The molecule has 1 aliphatic rings. The lowest BCUT2D eigenvalue weighted by Crippen LogP contribution is -2.25. The van der Waals surface area contributed by atoms with E-state index in [9.17, 15) is 9.90 Å². The van der Waals surface area contributed by atoms with Gasteiger partial charge in [-0.2, -0.15) is 0 Å². The third kappa shape index (κ3) is 4.94. The summed E-state index contributed by atoms with van der Waals surface area (Å²) >= 11 is 0. The number of carbonyl (C=O) groups is 1. The van der Waals surface area contributed by atoms with E-state index in [2.05, 4.69) is 4.90 Å². The first-order valence-electron chi connectivity index (χ1n) is 6.22. The second-order valence-corrected chi connectivity index (χ2v) is 4.79. The molecule has 4 heteroatoms. The Hall–Kier alpha value is -0.610. The molecule has 94 valence electrons. The minimum atomic E-state index is -0.699. The number of hydrogen-bond donors (Lipinski definition) is 2. The van der Waals surface area contributed by atoms with Crippen LogP contribution in [-0.4, -0.2) is 46.8 Å². The van der Waals surface area contributed by atoms with Crippen LogP contribution in [0.3, 0.4) is 0 Å². The molecule has 1 heterocycles. The number of carboxylic acid groups (broad SMARTS) is 1. The van der Waals surface area contributed by atoms with Crippen LogP contribution in [-0.2, 0) is 4.79 Å². The Labute approximate surface area is 97.3 Å². The highest BCUT2D eigenvalue weighted by atomic mass is 16.4. The first kappa shape index (κ1) is 13.5. The van der Waals surface area contributed by atoms with E-state index < -0.39 is 5.97 Å². The largest absolute Gasteiger partial charge is 0.481 e. The van der Waals surface area contributed by atoms with Crippen LogP contribution < -0.4 is 0 Å². The van der Waals surface area contributed by atoms with Gasteiger partial charge < -0.3 is 15.1 Å². The number of rotatable bonds is 7. The molecule has 2 unspecified atom stereocenters. The Bertz CT molecular complexity index is 218. The van der Waals surface area contributed by atoms with Crippen LogP contribution in [0.5, 0.6) is 0 Å². The number of nitrogens with zero attached hydrogens (tertiary/aromatic N) is 1. The van der Waals surface area contributed by atoms with Gasteiger partial charge in [-0.05, 0) is 45.2 Å². The summed E-state index contributed by atoms with van der Waals surface area (Å²) in [6, 6.07) is 0. The third-order valence-electron chi connectivity index (χ3n) is 3.36. The zero-order valence-corrected chi connectivity index (χ0v) is 10.1. The highest BCUT2D eigenvalue weighted by Gasteiger charge is 2.25. The summed E-state index contributed by atoms with van der Waals surface area (Å²) in [5.74, 6) is -0.269. The van der Waals surface area contributed by atoms with Gasteiger partial charge in [0.05, 0.1) is 6.10 Å². The smallest absolute Gasteiger partial charge is 0.303 e. The van der Waals surface area contributed by atoms with Crippen LogP contribution in [0.15, 0.2) is 0 Å². The van der Waals surface area contributed by atoms with E-state index in [-0.39, 0.29) is 12.5 Å². The predicted octanol–water partition coefficient (Wildman–Crippen LogP) is 1.33. The van der Waals surface area contributed by atoms with Gasteiger partial charge in [-0.25, -0.2) is 0 Å². The van der Waals surface area contributed by atoms with Crippen molar-refractivity contribution < 1.29 is 15.0 Å². The summed E-state index contributed by atoms with van der Waals surface area (Å²) < 4.78 is 0. The maximum atomic E-state index is 10.3. The molecule has 0 spiro atoms. The zero-order chi connectivity index (χ0) is 12.0. The monoisotopic (exact) mass is 229 g/mol. The van der Waals surface area contributed by atoms with Gasteiger partial charge in [0, 0.05) is 13.0 Å². The molecule has 0 bridgehead atoms. The number of carboxylic acids is 1. The number of aliphatic carboxylic acids is 1. The fraction of sp³-hybridized carbons (Fsp3) is 0.917. The second kappa shape index (κ2) is 6.86. The Kier molecular flexibility index (Phi) is 5.77. The van der Waals surface area contributed by atoms with Crippen molar-refractivity contribution >= 4 is 5.97 Å². The predicted molar refractivity (Wildman–Crippen MR) is 62.3 cm³/mol. The molecule has 1 rings (SSSR count). The molecule has 2 atom stereocenters. The standard InChI is InChI=1S/C12H23NO3/c1-10(14)11-6-8-13(9-11)7-4-2-3-5-12(15)16/h10-11,14H,2-9H2,1H3,(H,15,16). The van der Waals surface area contributed by atoms with Gasteiger partial charge in [0.25, 0.3) is 0 Å². The van der Waals surface area contributed by atoms with Crippen molar-refractivity contribution in [1.82, 2.24) is 4.90 Å². The first-order chi connectivity index (χ1) is 7.59. The van der Waals surface area contributed by atoms with Gasteiger partial charge >= 0.3 is 5.97 Å². The van der Waals surface area contributed by atoms with Gasteiger partial charge in [-0.15, -0.1) is 0 Å². The molecule has 0 aliphatic carbocycles. The Balaban J connectivity index is 2.00. The van der Waals surface area contributed by atoms with Crippen molar-refractivity contribution in [1.29, 1.82) is 0 Å². The van der Waals surface area contributed by atoms with Crippen LogP contribution in [0.1, 0.15) is 39.0 Å². The molecule has 0 aromatic heterocycles. The van der Waals surface area contributed by atoms with Gasteiger partial charge in [-0.3, -0.25) is 4.79 Å². The lowest BCUT2D eigenvalue weighted by molar-refractivity contribution is -0.137. The Morgan fingerprint density at radius 1 is 1.44 bits per heavy atom. The van der Waals surface area contributed by atoms with E-state index in [1.54, 1.807) is 0 Å². The number of likely N-dealkylation sites (tertiary alicyclic amines) is 1. The molecule has 2 N–H and O–H groups in total. The summed E-state index contributed by atoms with van der Waals surface area (Å²) in [4.78, 5) is 12.7. The van der Waals surface area contributed by atoms with Crippen LogP contribution in [0.4, 0.5) is 0 Å². The molecule has 0 aromatic rings. The van der Waals surface area contributed by atoms with E-state index in [4.69, 9.17) is 5.11 Å². The van der Waals surface area contributed by atoms with Crippen molar-refractivity contribution in [2.45, 2.75) is 45.1 Å². The highest BCUT2D eigenvalue weighted by molar-refractivity contribution is 5.66. The van der Waals surface area contributed by atoms with Crippen molar-refractivity contribution in [3.63, 3.8) is 0 Å². The molecular formula is C12H23NO3. The van der Waals surface area contributed by atoms with Crippen LogP contribution in [0.25, 0.3) is 0 Å². The highest BCUT2D eigenvalue weighted by Crippen LogP contribution is 2.19. The maximum absolute atomic E-state index is 10.3. The van der Waals surface area contributed by atoms with Crippen LogP contribution in [0, 0.1) is 5.92 Å². The molecule has 16 heavy (non-hydrogen) atoms.